The first-order chi connectivity index (χ1) is 17.4. The van der Waals surface area contributed by atoms with Crippen LogP contribution in [0.2, 0.25) is 0 Å². The van der Waals surface area contributed by atoms with Gasteiger partial charge in [0.25, 0.3) is 0 Å². The molecule has 0 radical (unpaired) electrons. The van der Waals surface area contributed by atoms with Crippen molar-refractivity contribution in [2.75, 3.05) is 0 Å². The van der Waals surface area contributed by atoms with Gasteiger partial charge in [-0.25, -0.2) is 4.79 Å². The molecule has 2 amide bonds. The third kappa shape index (κ3) is 9.72. The van der Waals surface area contributed by atoms with Gasteiger partial charge in [-0.3, -0.25) is 14.9 Å². The number of halogens is 3. The molecule has 0 unspecified atom stereocenters. The van der Waals surface area contributed by atoms with E-state index in [1.165, 1.54) is 16.7 Å². The predicted octanol–water partition coefficient (Wildman–Crippen LogP) is 3.82. The Bertz CT molecular complexity index is 1060. The van der Waals surface area contributed by atoms with Gasteiger partial charge < -0.3 is 15.7 Å². The minimum absolute atomic E-state index is 0.0158. The number of amides is 2. The third-order valence-corrected chi connectivity index (χ3v) is 5.82. The second-order valence-electron chi connectivity index (χ2n) is 9.05. The zero-order valence-corrected chi connectivity index (χ0v) is 20.7. The van der Waals surface area contributed by atoms with Gasteiger partial charge >= 0.3 is 12.1 Å². The molecule has 0 saturated carbocycles. The van der Waals surface area contributed by atoms with Crippen molar-refractivity contribution in [1.82, 2.24) is 10.2 Å². The normalized spacial score (nSPS) is 14.6. The molecule has 0 aromatic heterocycles. The highest BCUT2D eigenvalue weighted by molar-refractivity contribution is 5.88. The fraction of sp³-hybridized carbons (Fsp3) is 0.370. The van der Waals surface area contributed by atoms with E-state index in [9.17, 15) is 22.8 Å². The van der Waals surface area contributed by atoms with Crippen LogP contribution < -0.4 is 11.1 Å². The lowest BCUT2D eigenvalue weighted by atomic mass is 9.99. The molecule has 1 heterocycles. The van der Waals surface area contributed by atoms with Gasteiger partial charge in [0.05, 0.1) is 6.04 Å². The number of nitrogens with one attached hydrogen (secondary N) is 1. The molecule has 2 aromatic carbocycles. The van der Waals surface area contributed by atoms with Crippen LogP contribution in [0.4, 0.5) is 13.2 Å². The number of carbonyl (C=O) groups excluding carboxylic acids is 2. The number of primary amides is 1. The van der Waals surface area contributed by atoms with Gasteiger partial charge in [-0.2, -0.15) is 13.2 Å². The van der Waals surface area contributed by atoms with E-state index >= 15 is 0 Å². The van der Waals surface area contributed by atoms with E-state index in [0.717, 1.165) is 12.8 Å². The first-order valence-corrected chi connectivity index (χ1v) is 11.8. The maximum atomic E-state index is 12.8. The number of nitrogens with two attached hydrogens (primary N) is 1. The van der Waals surface area contributed by atoms with E-state index in [2.05, 4.69) is 29.6 Å². The SMILES string of the molecule is CC(C)[C@H](N[C@H](/C=C/C(=O)N1Cc2ccccc2C1)CCc1ccccc1)C(N)=O.O=C(O)C(F)(F)F. The van der Waals surface area contributed by atoms with Gasteiger partial charge in [0.1, 0.15) is 0 Å². The second-order valence-corrected chi connectivity index (χ2v) is 9.05. The van der Waals surface area contributed by atoms with E-state index in [0.29, 0.717) is 13.1 Å². The van der Waals surface area contributed by atoms with E-state index < -0.39 is 18.2 Å². The predicted molar refractivity (Wildman–Crippen MR) is 133 cm³/mol. The molecule has 7 nitrogen and oxygen atoms in total. The molecule has 2 atom stereocenters. The number of nitrogens with zero attached hydrogens (tertiary/aromatic N) is 1. The maximum absolute atomic E-state index is 12.8. The molecular weight excluding hydrogens is 487 g/mol. The standard InChI is InChI=1S/C25H31N3O2.C2HF3O2/c1-18(2)24(25(26)30)27-22(13-12-19-8-4-3-5-9-19)14-15-23(29)28-16-20-10-6-7-11-21(20)17-28;3-2(4,5)1(6)7/h3-11,14-15,18,22,24,27H,12-13,16-17H2,1-2H3,(H2,26,30);(H,6,7)/b15-14+;/t22-,24-;/m0./s1. The maximum Gasteiger partial charge on any atom is 0.490 e. The van der Waals surface area contributed by atoms with Crippen LogP contribution in [-0.4, -0.2) is 46.1 Å². The zero-order valence-electron chi connectivity index (χ0n) is 20.7. The number of aryl methyl sites for hydroxylation is 1. The summed E-state index contributed by atoms with van der Waals surface area (Å²) in [5.41, 5.74) is 9.22. The fourth-order valence-corrected chi connectivity index (χ4v) is 3.83. The molecule has 0 saturated heterocycles. The van der Waals surface area contributed by atoms with Gasteiger partial charge in [-0.15, -0.1) is 0 Å². The highest BCUT2D eigenvalue weighted by Crippen LogP contribution is 2.22. The molecule has 3 rings (SSSR count). The summed E-state index contributed by atoms with van der Waals surface area (Å²) in [4.78, 5) is 35.4. The molecule has 0 fully saturated rings. The Hall–Kier alpha value is -3.66. The number of carboxylic acid groups (broad SMARTS) is 1. The molecule has 200 valence electrons. The minimum Gasteiger partial charge on any atom is -0.475 e. The van der Waals surface area contributed by atoms with Crippen molar-refractivity contribution in [1.29, 1.82) is 0 Å². The van der Waals surface area contributed by atoms with Crippen molar-refractivity contribution in [2.24, 2.45) is 11.7 Å². The molecule has 1 aliphatic heterocycles. The van der Waals surface area contributed by atoms with Crippen LogP contribution in [0.3, 0.4) is 0 Å². The fourth-order valence-electron chi connectivity index (χ4n) is 3.83. The Labute approximate surface area is 214 Å². The Morgan fingerprint density at radius 3 is 2.00 bits per heavy atom. The number of hydrogen-bond acceptors (Lipinski definition) is 4. The van der Waals surface area contributed by atoms with Crippen LogP contribution in [0.15, 0.2) is 66.7 Å². The lowest BCUT2D eigenvalue weighted by molar-refractivity contribution is -0.192. The Morgan fingerprint density at radius 2 is 1.54 bits per heavy atom. The summed E-state index contributed by atoms with van der Waals surface area (Å²) in [6.07, 6.45) is 0.0415. The quantitative estimate of drug-likeness (QED) is 0.436. The number of aliphatic carboxylic acids is 1. The van der Waals surface area contributed by atoms with E-state index in [1.54, 1.807) is 6.08 Å². The number of alkyl halides is 3. The number of benzene rings is 2. The zero-order chi connectivity index (χ0) is 27.6. The summed E-state index contributed by atoms with van der Waals surface area (Å²) in [6, 6.07) is 17.8. The van der Waals surface area contributed by atoms with Gasteiger partial charge in [-0.05, 0) is 35.4 Å². The number of fused-ring (bicyclic) bond motifs is 1. The number of hydrogen-bond donors (Lipinski definition) is 3. The summed E-state index contributed by atoms with van der Waals surface area (Å²) in [5, 5.41) is 10.5. The van der Waals surface area contributed by atoms with Crippen molar-refractivity contribution in [3.8, 4) is 0 Å². The van der Waals surface area contributed by atoms with Crippen LogP contribution >= 0.6 is 0 Å². The lowest BCUT2D eigenvalue weighted by Crippen LogP contribution is -2.49. The lowest BCUT2D eigenvalue weighted by Gasteiger charge is -2.24. The van der Waals surface area contributed by atoms with Crippen LogP contribution in [-0.2, 0) is 33.9 Å². The molecule has 37 heavy (non-hydrogen) atoms. The van der Waals surface area contributed by atoms with Crippen molar-refractivity contribution < 1.29 is 32.7 Å². The summed E-state index contributed by atoms with van der Waals surface area (Å²) < 4.78 is 31.7. The first kappa shape index (κ1) is 29.6. The number of rotatable bonds is 9. The van der Waals surface area contributed by atoms with E-state index in [-0.39, 0.29) is 23.8 Å². The molecule has 4 N–H and O–H groups in total. The molecule has 0 aliphatic carbocycles. The Morgan fingerprint density at radius 1 is 1.03 bits per heavy atom. The molecule has 0 spiro atoms. The summed E-state index contributed by atoms with van der Waals surface area (Å²) in [6.45, 7) is 5.20. The van der Waals surface area contributed by atoms with Crippen molar-refractivity contribution in [3.05, 3.63) is 83.4 Å². The van der Waals surface area contributed by atoms with Gasteiger partial charge in [0, 0.05) is 25.2 Å². The minimum atomic E-state index is -5.08. The summed E-state index contributed by atoms with van der Waals surface area (Å²) in [7, 11) is 0. The van der Waals surface area contributed by atoms with Crippen molar-refractivity contribution in [2.45, 2.75) is 58.0 Å². The van der Waals surface area contributed by atoms with Crippen LogP contribution in [0.5, 0.6) is 0 Å². The average Bonchev–Trinajstić information content (AvgIpc) is 3.28. The summed E-state index contributed by atoms with van der Waals surface area (Å²) in [5.74, 6) is -3.08. The van der Waals surface area contributed by atoms with Gasteiger partial charge in [-0.1, -0.05) is 74.5 Å². The number of carboxylic acids is 1. The summed E-state index contributed by atoms with van der Waals surface area (Å²) >= 11 is 0. The largest absolute Gasteiger partial charge is 0.490 e. The molecule has 2 aromatic rings. The van der Waals surface area contributed by atoms with Gasteiger partial charge in [0.2, 0.25) is 11.8 Å². The Kier molecular flexibility index (Phi) is 10.9. The van der Waals surface area contributed by atoms with E-state index in [4.69, 9.17) is 15.6 Å². The monoisotopic (exact) mass is 519 g/mol. The molecular formula is C27H32F3N3O4. The highest BCUT2D eigenvalue weighted by atomic mass is 19.4. The van der Waals surface area contributed by atoms with Crippen molar-refractivity contribution >= 4 is 17.8 Å². The molecule has 10 heteroatoms. The van der Waals surface area contributed by atoms with E-state index in [1.807, 2.05) is 55.2 Å². The van der Waals surface area contributed by atoms with Crippen molar-refractivity contribution in [3.63, 3.8) is 0 Å². The third-order valence-electron chi connectivity index (χ3n) is 5.82. The average molecular weight is 520 g/mol. The smallest absolute Gasteiger partial charge is 0.475 e. The molecule has 1 aliphatic rings. The topological polar surface area (TPSA) is 113 Å². The number of carbonyl (C=O) groups is 3. The van der Waals surface area contributed by atoms with Crippen LogP contribution in [0.1, 0.15) is 37.0 Å². The first-order valence-electron chi connectivity index (χ1n) is 11.8. The van der Waals surface area contributed by atoms with Gasteiger partial charge in [0.15, 0.2) is 0 Å². The molecule has 0 bridgehead atoms. The van der Waals surface area contributed by atoms with Crippen LogP contribution in [0.25, 0.3) is 0 Å². The highest BCUT2D eigenvalue weighted by Gasteiger charge is 2.38. The second kappa shape index (κ2) is 13.6. The Balaban J connectivity index is 0.000000604. The van der Waals surface area contributed by atoms with Crippen LogP contribution in [0, 0.1) is 5.92 Å².